The molecule has 3 rings (SSSR count). The van der Waals surface area contributed by atoms with Crippen molar-refractivity contribution in [2.75, 3.05) is 0 Å². The number of halogens is 1. The van der Waals surface area contributed by atoms with E-state index < -0.39 is 11.4 Å². The predicted octanol–water partition coefficient (Wildman–Crippen LogP) is 4.20. The molecule has 0 saturated carbocycles. The van der Waals surface area contributed by atoms with Crippen LogP contribution < -0.4 is 0 Å². The van der Waals surface area contributed by atoms with Gasteiger partial charge in [0.25, 0.3) is 0 Å². The summed E-state index contributed by atoms with van der Waals surface area (Å²) < 4.78 is 12.5. The van der Waals surface area contributed by atoms with E-state index in [1.165, 1.54) is 0 Å². The lowest BCUT2D eigenvalue weighted by Crippen LogP contribution is -2.37. The summed E-state index contributed by atoms with van der Waals surface area (Å²) in [5.41, 5.74) is 0.730. The fourth-order valence-electron chi connectivity index (χ4n) is 2.77. The molecule has 1 saturated heterocycles. The Morgan fingerprint density at radius 2 is 1.64 bits per heavy atom. The second-order valence-corrected chi connectivity index (χ2v) is 6.80. The van der Waals surface area contributed by atoms with Crippen LogP contribution in [0.15, 0.2) is 59.1 Å². The van der Waals surface area contributed by atoms with E-state index in [9.17, 15) is 4.79 Å². The second kappa shape index (κ2) is 5.52. The molecule has 1 fully saturated rings. The summed E-state index contributed by atoms with van der Waals surface area (Å²) in [6.07, 6.45) is 0.437. The van der Waals surface area contributed by atoms with Crippen LogP contribution in [-0.4, -0.2) is 11.8 Å². The molecule has 0 N–H and O–H groups in total. The summed E-state index contributed by atoms with van der Waals surface area (Å²) in [6, 6.07) is 17.4. The molecular weight excluding hydrogens is 344 g/mol. The Balaban J connectivity index is 2.04. The molecule has 0 spiro atoms. The number of carbonyl (C=O) groups excluding carboxylic acids is 1. The van der Waals surface area contributed by atoms with Crippen molar-refractivity contribution in [2.45, 2.75) is 31.7 Å². The Labute approximate surface area is 138 Å². The van der Waals surface area contributed by atoms with E-state index in [1.54, 1.807) is 13.8 Å². The number of rotatable bonds is 3. The highest BCUT2D eigenvalue weighted by molar-refractivity contribution is 9.10. The molecule has 1 aliphatic heterocycles. The van der Waals surface area contributed by atoms with Crippen molar-refractivity contribution in [2.24, 2.45) is 0 Å². The van der Waals surface area contributed by atoms with Gasteiger partial charge in [-0.15, -0.1) is 0 Å². The quantitative estimate of drug-likeness (QED) is 0.769. The maximum absolute atomic E-state index is 12.6. The Kier molecular flexibility index (Phi) is 3.83. The highest BCUT2D eigenvalue weighted by Gasteiger charge is 2.55. The third-order valence-electron chi connectivity index (χ3n) is 3.69. The topological polar surface area (TPSA) is 35.5 Å². The van der Waals surface area contributed by atoms with E-state index in [-0.39, 0.29) is 5.97 Å². The lowest BCUT2D eigenvalue weighted by Gasteiger charge is -2.27. The fraction of sp³-hybridized carbons (Fsp3) is 0.278. The molecule has 3 nitrogen and oxygen atoms in total. The highest BCUT2D eigenvalue weighted by atomic mass is 79.9. The second-order valence-electron chi connectivity index (χ2n) is 5.89. The number of benzene rings is 2. The zero-order chi connectivity index (χ0) is 15.8. The third kappa shape index (κ3) is 2.81. The zero-order valence-corrected chi connectivity index (χ0v) is 14.1. The van der Waals surface area contributed by atoms with Gasteiger partial charge in [0.2, 0.25) is 5.79 Å². The molecule has 1 unspecified atom stereocenters. The van der Waals surface area contributed by atoms with Crippen LogP contribution in [-0.2, 0) is 26.3 Å². The summed E-state index contributed by atoms with van der Waals surface area (Å²) in [5, 5.41) is 0. The van der Waals surface area contributed by atoms with Crippen LogP contribution in [0.5, 0.6) is 0 Å². The fourth-order valence-corrected chi connectivity index (χ4v) is 3.04. The highest BCUT2D eigenvalue weighted by Crippen LogP contribution is 2.42. The molecule has 1 aliphatic rings. The van der Waals surface area contributed by atoms with Gasteiger partial charge in [-0.05, 0) is 23.3 Å². The Morgan fingerprint density at radius 1 is 1.00 bits per heavy atom. The summed E-state index contributed by atoms with van der Waals surface area (Å²) in [6.45, 7) is 3.52. The van der Waals surface area contributed by atoms with Crippen molar-refractivity contribution in [3.8, 4) is 0 Å². The summed E-state index contributed by atoms with van der Waals surface area (Å²) in [7, 11) is 0. The largest absolute Gasteiger partial charge is 0.431 e. The van der Waals surface area contributed by atoms with Gasteiger partial charge < -0.3 is 9.47 Å². The number of cyclic esters (lactones) is 1. The average Bonchev–Trinajstić information content (AvgIpc) is 2.72. The van der Waals surface area contributed by atoms with Gasteiger partial charge in [0, 0.05) is 24.7 Å². The van der Waals surface area contributed by atoms with Crippen molar-refractivity contribution >= 4 is 21.9 Å². The first kappa shape index (κ1) is 15.3. The minimum Gasteiger partial charge on any atom is -0.431 e. The normalized spacial score (nSPS) is 23.3. The first-order valence-electron chi connectivity index (χ1n) is 7.15. The van der Waals surface area contributed by atoms with Crippen LogP contribution in [0.25, 0.3) is 0 Å². The van der Waals surface area contributed by atoms with Gasteiger partial charge in [-0.25, -0.2) is 4.79 Å². The molecule has 0 bridgehead atoms. The maximum Gasteiger partial charge on any atom is 0.346 e. The molecule has 2 aromatic carbocycles. The first-order chi connectivity index (χ1) is 10.4. The van der Waals surface area contributed by atoms with Crippen molar-refractivity contribution < 1.29 is 14.3 Å². The SMILES string of the molecule is CC1(C)OC(=O)C(Cc2ccc(Br)cc2)(c2ccccc2)O1. The smallest absolute Gasteiger partial charge is 0.346 e. The number of hydrogen-bond acceptors (Lipinski definition) is 3. The molecule has 2 aromatic rings. The van der Waals surface area contributed by atoms with Gasteiger partial charge in [0.1, 0.15) is 0 Å². The lowest BCUT2D eigenvalue weighted by atomic mass is 9.87. The van der Waals surface area contributed by atoms with Crippen molar-refractivity contribution in [1.29, 1.82) is 0 Å². The van der Waals surface area contributed by atoms with E-state index in [0.29, 0.717) is 6.42 Å². The maximum atomic E-state index is 12.6. The van der Waals surface area contributed by atoms with Gasteiger partial charge in [0.15, 0.2) is 5.60 Å². The van der Waals surface area contributed by atoms with Crippen LogP contribution in [0.1, 0.15) is 25.0 Å². The van der Waals surface area contributed by atoms with Crippen LogP contribution in [0.2, 0.25) is 0 Å². The van der Waals surface area contributed by atoms with Gasteiger partial charge in [-0.2, -0.15) is 0 Å². The van der Waals surface area contributed by atoms with E-state index in [0.717, 1.165) is 15.6 Å². The zero-order valence-electron chi connectivity index (χ0n) is 12.5. The van der Waals surface area contributed by atoms with Crippen molar-refractivity contribution in [1.82, 2.24) is 0 Å². The van der Waals surface area contributed by atoms with E-state index in [1.807, 2.05) is 54.6 Å². The monoisotopic (exact) mass is 360 g/mol. The number of carbonyl (C=O) groups is 1. The lowest BCUT2D eigenvalue weighted by molar-refractivity contribution is -0.167. The van der Waals surface area contributed by atoms with Crippen LogP contribution >= 0.6 is 15.9 Å². The van der Waals surface area contributed by atoms with E-state index in [2.05, 4.69) is 15.9 Å². The predicted molar refractivity (Wildman–Crippen MR) is 87.2 cm³/mol. The molecule has 1 atom stereocenters. The minimum atomic E-state index is -1.10. The van der Waals surface area contributed by atoms with Gasteiger partial charge in [0.05, 0.1) is 0 Å². The molecule has 1 heterocycles. The third-order valence-corrected chi connectivity index (χ3v) is 4.22. The standard InChI is InChI=1S/C18H17BrO3/c1-17(2)21-16(20)18(22-17,14-6-4-3-5-7-14)12-13-8-10-15(19)11-9-13/h3-11H,12H2,1-2H3. The summed E-state index contributed by atoms with van der Waals surface area (Å²) in [4.78, 5) is 12.6. The Morgan fingerprint density at radius 3 is 2.18 bits per heavy atom. The number of esters is 1. The molecule has 114 valence electrons. The van der Waals surface area contributed by atoms with E-state index >= 15 is 0 Å². The first-order valence-corrected chi connectivity index (χ1v) is 7.94. The molecule has 22 heavy (non-hydrogen) atoms. The molecule has 0 aromatic heterocycles. The molecule has 0 amide bonds. The van der Waals surface area contributed by atoms with Gasteiger partial charge >= 0.3 is 5.97 Å². The Hall–Kier alpha value is -1.65. The number of hydrogen-bond donors (Lipinski definition) is 0. The molecule has 4 heteroatoms. The van der Waals surface area contributed by atoms with Crippen LogP contribution in [0.3, 0.4) is 0 Å². The number of ether oxygens (including phenoxy) is 2. The average molecular weight is 361 g/mol. The Bertz CT molecular complexity index is 679. The van der Waals surface area contributed by atoms with Crippen molar-refractivity contribution in [3.05, 3.63) is 70.2 Å². The van der Waals surface area contributed by atoms with Crippen LogP contribution in [0, 0.1) is 0 Å². The van der Waals surface area contributed by atoms with Crippen LogP contribution in [0.4, 0.5) is 0 Å². The molecule has 0 aliphatic carbocycles. The minimum absolute atomic E-state index is 0.341. The molecule has 0 radical (unpaired) electrons. The van der Waals surface area contributed by atoms with E-state index in [4.69, 9.17) is 9.47 Å². The van der Waals surface area contributed by atoms with Gasteiger partial charge in [-0.1, -0.05) is 58.4 Å². The van der Waals surface area contributed by atoms with Crippen molar-refractivity contribution in [3.63, 3.8) is 0 Å². The van der Waals surface area contributed by atoms with Gasteiger partial charge in [-0.3, -0.25) is 0 Å². The summed E-state index contributed by atoms with van der Waals surface area (Å²) in [5.74, 6) is -1.27. The molecular formula is C18H17BrO3. The summed E-state index contributed by atoms with van der Waals surface area (Å²) >= 11 is 3.42.